The van der Waals surface area contributed by atoms with Gasteiger partial charge in [0.25, 0.3) is 0 Å². The molecule has 88 valence electrons. The first kappa shape index (κ1) is 11.6. The Balaban J connectivity index is 2.36. The molecule has 0 atom stereocenters. The van der Waals surface area contributed by atoms with Crippen LogP contribution in [0.1, 0.15) is 12.5 Å². The van der Waals surface area contributed by atoms with Gasteiger partial charge in [0.15, 0.2) is 0 Å². The summed E-state index contributed by atoms with van der Waals surface area (Å²) in [6, 6.07) is 11.6. The number of benzene rings is 2. The van der Waals surface area contributed by atoms with Crippen molar-refractivity contribution in [2.24, 2.45) is 0 Å². The first-order chi connectivity index (χ1) is 8.19. The van der Waals surface area contributed by atoms with Crippen molar-refractivity contribution >= 4 is 16.7 Å². The van der Waals surface area contributed by atoms with E-state index in [4.69, 9.17) is 9.47 Å². The molecule has 2 aromatic rings. The fourth-order valence-corrected chi connectivity index (χ4v) is 1.76. The van der Waals surface area contributed by atoms with Crippen molar-refractivity contribution in [1.82, 2.24) is 0 Å². The van der Waals surface area contributed by atoms with E-state index in [-0.39, 0.29) is 5.97 Å². The van der Waals surface area contributed by atoms with Gasteiger partial charge in [0, 0.05) is 14.0 Å². The molecule has 0 N–H and O–H groups in total. The summed E-state index contributed by atoms with van der Waals surface area (Å²) < 4.78 is 10.1. The highest BCUT2D eigenvalue weighted by atomic mass is 16.5. The van der Waals surface area contributed by atoms with E-state index in [0.29, 0.717) is 12.4 Å². The van der Waals surface area contributed by atoms with Gasteiger partial charge in [-0.2, -0.15) is 0 Å². The van der Waals surface area contributed by atoms with E-state index in [1.807, 2.05) is 24.3 Å². The monoisotopic (exact) mass is 230 g/mol. The van der Waals surface area contributed by atoms with E-state index in [1.54, 1.807) is 13.2 Å². The Kier molecular flexibility index (Phi) is 3.40. The Bertz CT molecular complexity index is 546. The summed E-state index contributed by atoms with van der Waals surface area (Å²) >= 11 is 0. The van der Waals surface area contributed by atoms with Crippen molar-refractivity contribution in [3.8, 4) is 5.75 Å². The number of carbonyl (C=O) groups excluding carboxylic acids is 1. The summed E-state index contributed by atoms with van der Waals surface area (Å²) in [7, 11) is 1.67. The Morgan fingerprint density at radius 2 is 1.82 bits per heavy atom. The van der Waals surface area contributed by atoms with Crippen LogP contribution in [-0.2, 0) is 16.1 Å². The van der Waals surface area contributed by atoms with Crippen LogP contribution in [0.15, 0.2) is 36.4 Å². The van der Waals surface area contributed by atoms with Gasteiger partial charge >= 0.3 is 5.97 Å². The highest BCUT2D eigenvalue weighted by Crippen LogP contribution is 2.22. The van der Waals surface area contributed by atoms with Crippen LogP contribution in [0.25, 0.3) is 10.8 Å². The van der Waals surface area contributed by atoms with Gasteiger partial charge in [0.05, 0.1) is 6.61 Å². The first-order valence-corrected chi connectivity index (χ1v) is 5.39. The summed E-state index contributed by atoms with van der Waals surface area (Å²) in [5.74, 6) is 0.268. The van der Waals surface area contributed by atoms with Crippen LogP contribution in [-0.4, -0.2) is 13.1 Å². The minimum Gasteiger partial charge on any atom is -0.427 e. The fourth-order valence-electron chi connectivity index (χ4n) is 1.76. The minimum absolute atomic E-state index is 0.305. The number of esters is 1. The second kappa shape index (κ2) is 4.97. The average molecular weight is 230 g/mol. The van der Waals surface area contributed by atoms with E-state index in [0.717, 1.165) is 16.3 Å². The molecule has 0 aromatic heterocycles. The van der Waals surface area contributed by atoms with E-state index in [1.165, 1.54) is 6.92 Å². The third-order valence-corrected chi connectivity index (χ3v) is 2.45. The SMILES string of the molecule is COCc1ccc2cc(OC(C)=O)ccc2c1. The zero-order chi connectivity index (χ0) is 12.3. The molecule has 0 aliphatic heterocycles. The fraction of sp³-hybridized carbons (Fsp3) is 0.214. The predicted molar refractivity (Wildman–Crippen MR) is 66.0 cm³/mol. The van der Waals surface area contributed by atoms with E-state index < -0.39 is 0 Å². The number of rotatable bonds is 3. The molecule has 3 nitrogen and oxygen atoms in total. The van der Waals surface area contributed by atoms with Gasteiger partial charge in [0.1, 0.15) is 5.75 Å². The van der Waals surface area contributed by atoms with Crippen molar-refractivity contribution < 1.29 is 14.3 Å². The van der Waals surface area contributed by atoms with E-state index >= 15 is 0 Å². The predicted octanol–water partition coefficient (Wildman–Crippen LogP) is 2.91. The smallest absolute Gasteiger partial charge is 0.308 e. The highest BCUT2D eigenvalue weighted by molar-refractivity contribution is 5.85. The molecular formula is C14H14O3. The normalized spacial score (nSPS) is 10.5. The third kappa shape index (κ3) is 2.82. The Hall–Kier alpha value is -1.87. The van der Waals surface area contributed by atoms with Gasteiger partial charge in [-0.05, 0) is 34.5 Å². The molecule has 17 heavy (non-hydrogen) atoms. The van der Waals surface area contributed by atoms with Gasteiger partial charge in [-0.3, -0.25) is 4.79 Å². The van der Waals surface area contributed by atoms with Crippen LogP contribution in [0.3, 0.4) is 0 Å². The minimum atomic E-state index is -0.305. The third-order valence-electron chi connectivity index (χ3n) is 2.45. The van der Waals surface area contributed by atoms with Crippen molar-refractivity contribution in [2.75, 3.05) is 7.11 Å². The molecule has 0 saturated carbocycles. The largest absolute Gasteiger partial charge is 0.427 e. The second-order valence-electron chi connectivity index (χ2n) is 3.87. The lowest BCUT2D eigenvalue weighted by atomic mass is 10.1. The van der Waals surface area contributed by atoms with Gasteiger partial charge in [-0.25, -0.2) is 0 Å². The highest BCUT2D eigenvalue weighted by Gasteiger charge is 2.01. The maximum absolute atomic E-state index is 10.8. The maximum atomic E-state index is 10.8. The van der Waals surface area contributed by atoms with Crippen LogP contribution < -0.4 is 4.74 Å². The molecule has 2 rings (SSSR count). The zero-order valence-electron chi connectivity index (χ0n) is 9.90. The van der Waals surface area contributed by atoms with Gasteiger partial charge < -0.3 is 9.47 Å². The lowest BCUT2D eigenvalue weighted by Crippen LogP contribution is -2.00. The molecule has 0 bridgehead atoms. The molecule has 0 saturated heterocycles. The van der Waals surface area contributed by atoms with Crippen molar-refractivity contribution in [3.63, 3.8) is 0 Å². The molecule has 0 heterocycles. The lowest BCUT2D eigenvalue weighted by molar-refractivity contribution is -0.131. The summed E-state index contributed by atoms with van der Waals surface area (Å²) in [6.07, 6.45) is 0. The summed E-state index contributed by atoms with van der Waals surface area (Å²) in [4.78, 5) is 10.8. The molecular weight excluding hydrogens is 216 g/mol. The maximum Gasteiger partial charge on any atom is 0.308 e. The molecule has 0 spiro atoms. The van der Waals surface area contributed by atoms with Crippen LogP contribution >= 0.6 is 0 Å². The number of methoxy groups -OCH3 is 1. The van der Waals surface area contributed by atoms with Crippen LogP contribution in [0.5, 0.6) is 5.75 Å². The topological polar surface area (TPSA) is 35.5 Å². The van der Waals surface area contributed by atoms with Crippen molar-refractivity contribution in [1.29, 1.82) is 0 Å². The Morgan fingerprint density at radius 1 is 1.12 bits per heavy atom. The molecule has 0 aliphatic carbocycles. The number of ether oxygens (including phenoxy) is 2. The molecule has 0 unspecified atom stereocenters. The number of fused-ring (bicyclic) bond motifs is 1. The zero-order valence-corrected chi connectivity index (χ0v) is 9.90. The van der Waals surface area contributed by atoms with E-state index in [2.05, 4.69) is 6.07 Å². The van der Waals surface area contributed by atoms with Gasteiger partial charge in [0.2, 0.25) is 0 Å². The first-order valence-electron chi connectivity index (χ1n) is 5.39. The number of hydrogen-bond acceptors (Lipinski definition) is 3. The molecule has 0 aliphatic rings. The molecule has 3 heteroatoms. The number of hydrogen-bond donors (Lipinski definition) is 0. The van der Waals surface area contributed by atoms with Crippen LogP contribution in [0.4, 0.5) is 0 Å². The van der Waals surface area contributed by atoms with Gasteiger partial charge in [-0.1, -0.05) is 18.2 Å². The van der Waals surface area contributed by atoms with Crippen molar-refractivity contribution in [3.05, 3.63) is 42.0 Å². The average Bonchev–Trinajstić information content (AvgIpc) is 2.29. The molecule has 2 aromatic carbocycles. The van der Waals surface area contributed by atoms with Gasteiger partial charge in [-0.15, -0.1) is 0 Å². The molecule has 0 fully saturated rings. The second-order valence-corrected chi connectivity index (χ2v) is 3.87. The quantitative estimate of drug-likeness (QED) is 0.600. The summed E-state index contributed by atoms with van der Waals surface area (Å²) in [6.45, 7) is 1.99. The van der Waals surface area contributed by atoms with Crippen molar-refractivity contribution in [2.45, 2.75) is 13.5 Å². The summed E-state index contributed by atoms with van der Waals surface area (Å²) in [5, 5.41) is 2.15. The van der Waals surface area contributed by atoms with E-state index in [9.17, 15) is 4.79 Å². The lowest BCUT2D eigenvalue weighted by Gasteiger charge is -2.05. The number of carbonyl (C=O) groups is 1. The standard InChI is InChI=1S/C14H14O3/c1-10(15)17-14-6-5-12-7-11(9-16-2)3-4-13(12)8-14/h3-8H,9H2,1-2H3. The van der Waals surface area contributed by atoms with Crippen LogP contribution in [0, 0.1) is 0 Å². The van der Waals surface area contributed by atoms with Crippen LogP contribution in [0.2, 0.25) is 0 Å². The Morgan fingerprint density at radius 3 is 2.53 bits per heavy atom. The Labute approximate surface area is 100.0 Å². The summed E-state index contributed by atoms with van der Waals surface area (Å²) in [5.41, 5.74) is 1.13. The molecule has 0 radical (unpaired) electrons. The molecule has 0 amide bonds.